The molecule has 1 aliphatic rings. The third-order valence-electron chi connectivity index (χ3n) is 3.72. The van der Waals surface area contributed by atoms with Crippen LogP contribution >= 0.6 is 0 Å². The van der Waals surface area contributed by atoms with Crippen molar-refractivity contribution >= 4 is 21.1 Å². The summed E-state index contributed by atoms with van der Waals surface area (Å²) in [5, 5.41) is 0. The zero-order valence-electron chi connectivity index (χ0n) is 12.7. The number of morpholine rings is 1. The van der Waals surface area contributed by atoms with Crippen molar-refractivity contribution in [2.45, 2.75) is 31.0 Å². The third kappa shape index (κ3) is 2.94. The van der Waals surface area contributed by atoms with Crippen LogP contribution < -0.4 is 11.1 Å². The number of aromatic nitrogens is 2. The summed E-state index contributed by atoms with van der Waals surface area (Å²) in [6, 6.07) is 4.23. The number of aromatic amines is 2. The molecule has 1 saturated heterocycles. The Morgan fingerprint density at radius 3 is 2.22 bits per heavy atom. The van der Waals surface area contributed by atoms with Gasteiger partial charge in [0, 0.05) is 13.1 Å². The van der Waals surface area contributed by atoms with Crippen molar-refractivity contribution in [3.63, 3.8) is 0 Å². The quantitative estimate of drug-likeness (QED) is 0.749. The van der Waals surface area contributed by atoms with Crippen LogP contribution in [0.5, 0.6) is 0 Å². The van der Waals surface area contributed by atoms with Crippen molar-refractivity contribution < 1.29 is 13.2 Å². The fraction of sp³-hybridized carbons (Fsp3) is 0.429. The van der Waals surface area contributed by atoms with E-state index < -0.39 is 21.1 Å². The topological polar surface area (TPSA) is 112 Å². The summed E-state index contributed by atoms with van der Waals surface area (Å²) in [7, 11) is -3.70. The summed E-state index contributed by atoms with van der Waals surface area (Å²) in [6.07, 6.45) is -0.379. The van der Waals surface area contributed by atoms with Crippen LogP contribution in [-0.4, -0.2) is 48.0 Å². The van der Waals surface area contributed by atoms with Crippen molar-refractivity contribution in [1.29, 1.82) is 0 Å². The minimum Gasteiger partial charge on any atom is -0.373 e. The van der Waals surface area contributed by atoms with Gasteiger partial charge in [0.05, 0.1) is 28.1 Å². The molecular weight excluding hydrogens is 322 g/mol. The van der Waals surface area contributed by atoms with Crippen molar-refractivity contribution in [1.82, 2.24) is 14.3 Å². The second-order valence-electron chi connectivity index (χ2n) is 5.69. The van der Waals surface area contributed by atoms with Crippen LogP contribution in [0.4, 0.5) is 0 Å². The van der Waals surface area contributed by atoms with Crippen LogP contribution in [0.25, 0.3) is 11.0 Å². The van der Waals surface area contributed by atoms with Crippen LogP contribution in [0.1, 0.15) is 13.8 Å². The molecule has 1 aromatic heterocycles. The number of benzene rings is 1. The first kappa shape index (κ1) is 15.9. The molecule has 2 atom stereocenters. The molecule has 0 radical (unpaired) electrons. The number of ether oxygens (including phenoxy) is 1. The lowest BCUT2D eigenvalue weighted by molar-refractivity contribution is -0.0440. The van der Waals surface area contributed by atoms with Gasteiger partial charge in [0.2, 0.25) is 10.0 Å². The van der Waals surface area contributed by atoms with E-state index in [1.165, 1.54) is 22.5 Å². The Morgan fingerprint density at radius 1 is 1.04 bits per heavy atom. The van der Waals surface area contributed by atoms with Gasteiger partial charge >= 0.3 is 11.1 Å². The minimum atomic E-state index is -3.70. The SMILES string of the molecule is CC1CN(S(=O)(=O)c2ccc3[nH]c(=O)c(=O)[nH]c3c2)CC(C)O1. The standard InChI is InChI=1S/C14H17N3O5S/c1-8-6-17(7-9(2)22-8)23(20,21)10-3-4-11-12(5-10)16-14(19)13(18)15-11/h3-5,8-9H,6-7H2,1-2H3,(H,15,18)(H,16,19). The Kier molecular flexibility index (Phi) is 3.86. The number of nitrogens with one attached hydrogen (secondary N) is 2. The molecule has 0 saturated carbocycles. The van der Waals surface area contributed by atoms with Gasteiger partial charge < -0.3 is 14.7 Å². The molecule has 9 heteroatoms. The fourth-order valence-electron chi connectivity index (χ4n) is 2.73. The number of H-pyrrole nitrogens is 2. The lowest BCUT2D eigenvalue weighted by atomic mass is 10.3. The van der Waals surface area contributed by atoms with Gasteiger partial charge in [0.15, 0.2) is 0 Å². The van der Waals surface area contributed by atoms with Crippen LogP contribution in [0.2, 0.25) is 0 Å². The number of sulfonamides is 1. The van der Waals surface area contributed by atoms with Gasteiger partial charge in [0.1, 0.15) is 0 Å². The number of hydrogen-bond donors (Lipinski definition) is 2. The summed E-state index contributed by atoms with van der Waals surface area (Å²) in [5.74, 6) is 0. The average molecular weight is 339 g/mol. The van der Waals surface area contributed by atoms with Crippen LogP contribution in [-0.2, 0) is 14.8 Å². The molecule has 23 heavy (non-hydrogen) atoms. The third-order valence-corrected chi connectivity index (χ3v) is 5.55. The molecule has 0 spiro atoms. The van der Waals surface area contributed by atoms with Gasteiger partial charge in [0.25, 0.3) is 0 Å². The number of hydrogen-bond acceptors (Lipinski definition) is 5. The molecule has 3 rings (SSSR count). The van der Waals surface area contributed by atoms with E-state index in [9.17, 15) is 18.0 Å². The Labute approximate surface area is 132 Å². The number of nitrogens with zero attached hydrogens (tertiary/aromatic N) is 1. The molecule has 1 aliphatic heterocycles. The highest BCUT2D eigenvalue weighted by Crippen LogP contribution is 2.22. The maximum absolute atomic E-state index is 12.8. The lowest BCUT2D eigenvalue weighted by Gasteiger charge is -2.34. The zero-order chi connectivity index (χ0) is 16.8. The Morgan fingerprint density at radius 2 is 1.61 bits per heavy atom. The first-order chi connectivity index (χ1) is 10.8. The number of rotatable bonds is 2. The van der Waals surface area contributed by atoms with E-state index in [1.807, 2.05) is 13.8 Å². The van der Waals surface area contributed by atoms with E-state index in [1.54, 1.807) is 0 Å². The monoisotopic (exact) mass is 339 g/mol. The second kappa shape index (κ2) is 5.59. The Balaban J connectivity index is 2.06. The normalized spacial score (nSPS) is 23.2. The molecule has 8 nitrogen and oxygen atoms in total. The molecule has 0 aliphatic carbocycles. The minimum absolute atomic E-state index is 0.0639. The second-order valence-corrected chi connectivity index (χ2v) is 7.63. The summed E-state index contributed by atoms with van der Waals surface area (Å²) < 4.78 is 32.5. The molecule has 2 aromatic rings. The highest BCUT2D eigenvalue weighted by Gasteiger charge is 2.32. The molecule has 2 heterocycles. The maximum Gasteiger partial charge on any atom is 0.314 e. The summed E-state index contributed by atoms with van der Waals surface area (Å²) in [5.41, 5.74) is -0.952. The van der Waals surface area contributed by atoms with E-state index in [2.05, 4.69) is 9.97 Å². The summed E-state index contributed by atoms with van der Waals surface area (Å²) in [6.45, 7) is 4.18. The van der Waals surface area contributed by atoms with Gasteiger partial charge in [-0.1, -0.05) is 0 Å². The van der Waals surface area contributed by atoms with Crippen LogP contribution in [0, 0.1) is 0 Å². The molecule has 124 valence electrons. The largest absolute Gasteiger partial charge is 0.373 e. The highest BCUT2D eigenvalue weighted by atomic mass is 32.2. The molecule has 1 fully saturated rings. The van der Waals surface area contributed by atoms with Crippen molar-refractivity contribution in [3.8, 4) is 0 Å². The van der Waals surface area contributed by atoms with Crippen molar-refractivity contribution in [3.05, 3.63) is 38.9 Å². The molecule has 0 amide bonds. The summed E-state index contributed by atoms with van der Waals surface area (Å²) in [4.78, 5) is 27.6. The smallest absolute Gasteiger partial charge is 0.314 e. The number of fused-ring (bicyclic) bond motifs is 1. The van der Waals surface area contributed by atoms with Gasteiger partial charge in [-0.3, -0.25) is 9.59 Å². The van der Waals surface area contributed by atoms with Gasteiger partial charge in [-0.05, 0) is 32.0 Å². The average Bonchev–Trinajstić information content (AvgIpc) is 2.47. The van der Waals surface area contributed by atoms with E-state index in [0.29, 0.717) is 5.52 Å². The molecule has 0 bridgehead atoms. The lowest BCUT2D eigenvalue weighted by Crippen LogP contribution is -2.48. The maximum atomic E-state index is 12.8. The Bertz CT molecular complexity index is 952. The first-order valence-corrected chi connectivity index (χ1v) is 8.63. The predicted octanol–water partition coefficient (Wildman–Crippen LogP) is 0.0143. The van der Waals surface area contributed by atoms with Gasteiger partial charge in [-0.15, -0.1) is 0 Å². The van der Waals surface area contributed by atoms with E-state index in [-0.39, 0.29) is 35.7 Å². The van der Waals surface area contributed by atoms with Crippen LogP contribution in [0.3, 0.4) is 0 Å². The summed E-state index contributed by atoms with van der Waals surface area (Å²) >= 11 is 0. The van der Waals surface area contributed by atoms with E-state index in [4.69, 9.17) is 4.74 Å². The molecule has 2 N–H and O–H groups in total. The predicted molar refractivity (Wildman–Crippen MR) is 84.0 cm³/mol. The Hall–Kier alpha value is -1.97. The molecule has 2 unspecified atom stereocenters. The van der Waals surface area contributed by atoms with Gasteiger partial charge in [-0.25, -0.2) is 8.42 Å². The fourth-order valence-corrected chi connectivity index (χ4v) is 4.35. The van der Waals surface area contributed by atoms with E-state index in [0.717, 1.165) is 0 Å². The van der Waals surface area contributed by atoms with Gasteiger partial charge in [-0.2, -0.15) is 4.31 Å². The molecular formula is C14H17N3O5S. The first-order valence-electron chi connectivity index (χ1n) is 7.19. The van der Waals surface area contributed by atoms with Crippen LogP contribution in [0.15, 0.2) is 32.7 Å². The van der Waals surface area contributed by atoms with Crippen molar-refractivity contribution in [2.75, 3.05) is 13.1 Å². The highest BCUT2D eigenvalue weighted by molar-refractivity contribution is 7.89. The van der Waals surface area contributed by atoms with E-state index >= 15 is 0 Å². The molecule has 1 aromatic carbocycles. The zero-order valence-corrected chi connectivity index (χ0v) is 13.5. The van der Waals surface area contributed by atoms with Crippen molar-refractivity contribution in [2.24, 2.45) is 0 Å².